The molecule has 1 aromatic carbocycles. The summed E-state index contributed by atoms with van der Waals surface area (Å²) in [6.45, 7) is 8.22. The molecule has 0 aromatic heterocycles. The van der Waals surface area contributed by atoms with E-state index in [1.165, 1.54) is 24.3 Å². The SMILES string of the molecule is C=C(COC(=O)OC(C)(C)C)C(=O)OCc1ccc(F)cc1. The Morgan fingerprint density at radius 1 is 1.14 bits per heavy atom. The van der Waals surface area contributed by atoms with Gasteiger partial charge in [0.1, 0.15) is 24.6 Å². The molecule has 0 fully saturated rings. The van der Waals surface area contributed by atoms with Gasteiger partial charge in [0.05, 0.1) is 5.57 Å². The lowest BCUT2D eigenvalue weighted by atomic mass is 10.2. The van der Waals surface area contributed by atoms with Crippen molar-refractivity contribution in [3.05, 3.63) is 47.8 Å². The van der Waals surface area contributed by atoms with Crippen LogP contribution in [0.3, 0.4) is 0 Å². The van der Waals surface area contributed by atoms with E-state index in [2.05, 4.69) is 6.58 Å². The summed E-state index contributed by atoms with van der Waals surface area (Å²) in [6.07, 6.45) is -0.889. The molecule has 5 nitrogen and oxygen atoms in total. The summed E-state index contributed by atoms with van der Waals surface area (Å²) in [5.74, 6) is -1.07. The summed E-state index contributed by atoms with van der Waals surface area (Å²) in [7, 11) is 0. The van der Waals surface area contributed by atoms with Crippen LogP contribution >= 0.6 is 0 Å². The van der Waals surface area contributed by atoms with Crippen LogP contribution in [0.5, 0.6) is 0 Å². The predicted molar refractivity (Wildman–Crippen MR) is 77.5 cm³/mol. The molecule has 1 aromatic rings. The van der Waals surface area contributed by atoms with Gasteiger partial charge >= 0.3 is 12.1 Å². The Morgan fingerprint density at radius 3 is 2.27 bits per heavy atom. The second kappa shape index (κ2) is 7.59. The molecule has 120 valence electrons. The number of halogens is 1. The highest BCUT2D eigenvalue weighted by molar-refractivity contribution is 5.88. The molecule has 0 aliphatic carbocycles. The standard InChI is InChI=1S/C16H19FO5/c1-11(9-21-15(19)22-16(2,3)4)14(18)20-10-12-5-7-13(17)8-6-12/h5-8H,1,9-10H2,2-4H3. The molecule has 0 unspecified atom stereocenters. The molecule has 1 rings (SSSR count). The van der Waals surface area contributed by atoms with Gasteiger partial charge in [-0.15, -0.1) is 0 Å². The topological polar surface area (TPSA) is 61.8 Å². The molecule has 0 heterocycles. The van der Waals surface area contributed by atoms with Crippen LogP contribution in [0.2, 0.25) is 0 Å². The van der Waals surface area contributed by atoms with Crippen LogP contribution in [-0.4, -0.2) is 24.3 Å². The van der Waals surface area contributed by atoms with Gasteiger partial charge in [-0.1, -0.05) is 18.7 Å². The molecule has 6 heteroatoms. The van der Waals surface area contributed by atoms with Gasteiger partial charge in [0.15, 0.2) is 0 Å². The molecular formula is C16H19FO5. The summed E-state index contributed by atoms with van der Waals surface area (Å²) in [5.41, 5.74) is -0.0646. The number of carbonyl (C=O) groups excluding carboxylic acids is 2. The van der Waals surface area contributed by atoms with E-state index in [1.807, 2.05) is 0 Å². The zero-order chi connectivity index (χ0) is 16.8. The number of hydrogen-bond acceptors (Lipinski definition) is 5. The zero-order valence-electron chi connectivity index (χ0n) is 12.8. The smallest absolute Gasteiger partial charge is 0.457 e. The van der Waals surface area contributed by atoms with Crippen molar-refractivity contribution in [3.8, 4) is 0 Å². The van der Waals surface area contributed by atoms with E-state index in [1.54, 1.807) is 20.8 Å². The Hall–Kier alpha value is -2.37. The first kappa shape index (κ1) is 17.7. The quantitative estimate of drug-likeness (QED) is 0.616. The molecular weight excluding hydrogens is 291 g/mol. The summed E-state index contributed by atoms with van der Waals surface area (Å²) in [5, 5.41) is 0. The fraction of sp³-hybridized carbons (Fsp3) is 0.375. The van der Waals surface area contributed by atoms with Gasteiger partial charge in [-0.2, -0.15) is 0 Å². The highest BCUT2D eigenvalue weighted by Gasteiger charge is 2.19. The summed E-state index contributed by atoms with van der Waals surface area (Å²) >= 11 is 0. The number of ether oxygens (including phenoxy) is 3. The molecule has 0 amide bonds. The van der Waals surface area contributed by atoms with Crippen LogP contribution in [0.15, 0.2) is 36.4 Å². The van der Waals surface area contributed by atoms with Crippen LogP contribution < -0.4 is 0 Å². The van der Waals surface area contributed by atoms with Crippen molar-refractivity contribution in [2.45, 2.75) is 33.0 Å². The predicted octanol–water partition coefficient (Wildman–Crippen LogP) is 3.38. The number of carbonyl (C=O) groups is 2. The maximum Gasteiger partial charge on any atom is 0.509 e. The number of esters is 1. The second-order valence-electron chi connectivity index (χ2n) is 5.56. The molecule has 0 aliphatic heterocycles. The first-order valence-corrected chi connectivity index (χ1v) is 6.62. The Kier molecular flexibility index (Phi) is 6.10. The highest BCUT2D eigenvalue weighted by atomic mass is 19.1. The minimum atomic E-state index is -0.889. The van der Waals surface area contributed by atoms with Gasteiger partial charge in [-0.05, 0) is 38.5 Å². The van der Waals surface area contributed by atoms with E-state index in [0.29, 0.717) is 5.56 Å². The highest BCUT2D eigenvalue weighted by Crippen LogP contribution is 2.09. The lowest BCUT2D eigenvalue weighted by Gasteiger charge is -2.18. The summed E-state index contributed by atoms with van der Waals surface area (Å²) in [4.78, 5) is 23.0. The minimum Gasteiger partial charge on any atom is -0.457 e. The van der Waals surface area contributed by atoms with Gasteiger partial charge < -0.3 is 14.2 Å². The van der Waals surface area contributed by atoms with Gasteiger partial charge in [0.25, 0.3) is 0 Å². The average Bonchev–Trinajstić information content (AvgIpc) is 2.42. The maximum atomic E-state index is 12.7. The fourth-order valence-corrected chi connectivity index (χ4v) is 1.32. The largest absolute Gasteiger partial charge is 0.509 e. The third-order valence-electron chi connectivity index (χ3n) is 2.33. The van der Waals surface area contributed by atoms with Crippen molar-refractivity contribution in [1.29, 1.82) is 0 Å². The maximum absolute atomic E-state index is 12.7. The number of benzene rings is 1. The normalized spacial score (nSPS) is 10.7. The molecule has 0 radical (unpaired) electrons. The van der Waals surface area contributed by atoms with Crippen LogP contribution in [0.1, 0.15) is 26.3 Å². The Labute approximate surface area is 128 Å². The number of hydrogen-bond donors (Lipinski definition) is 0. The Balaban J connectivity index is 2.34. The fourth-order valence-electron chi connectivity index (χ4n) is 1.32. The van der Waals surface area contributed by atoms with Crippen molar-refractivity contribution in [3.63, 3.8) is 0 Å². The Morgan fingerprint density at radius 2 is 1.73 bits per heavy atom. The summed E-state index contributed by atoms with van der Waals surface area (Å²) in [6, 6.07) is 5.54. The molecule has 0 saturated heterocycles. The molecule has 0 N–H and O–H groups in total. The zero-order valence-corrected chi connectivity index (χ0v) is 12.8. The van der Waals surface area contributed by atoms with Gasteiger partial charge in [-0.25, -0.2) is 14.0 Å². The van der Waals surface area contributed by atoms with Crippen LogP contribution in [0.25, 0.3) is 0 Å². The minimum absolute atomic E-state index is 0.0204. The average molecular weight is 310 g/mol. The monoisotopic (exact) mass is 310 g/mol. The van der Waals surface area contributed by atoms with Gasteiger partial charge in [0, 0.05) is 0 Å². The van der Waals surface area contributed by atoms with E-state index in [0.717, 1.165) is 0 Å². The van der Waals surface area contributed by atoms with Crippen LogP contribution in [-0.2, 0) is 25.6 Å². The van der Waals surface area contributed by atoms with Crippen LogP contribution in [0, 0.1) is 5.82 Å². The third-order valence-corrected chi connectivity index (χ3v) is 2.33. The number of rotatable bonds is 5. The first-order valence-electron chi connectivity index (χ1n) is 6.62. The van der Waals surface area contributed by atoms with E-state index in [4.69, 9.17) is 14.2 Å². The van der Waals surface area contributed by atoms with Gasteiger partial charge in [0.2, 0.25) is 0 Å². The van der Waals surface area contributed by atoms with E-state index in [9.17, 15) is 14.0 Å². The van der Waals surface area contributed by atoms with E-state index < -0.39 is 17.7 Å². The lowest BCUT2D eigenvalue weighted by molar-refractivity contribution is -0.140. The molecule has 0 bridgehead atoms. The lowest BCUT2D eigenvalue weighted by Crippen LogP contribution is -2.25. The van der Waals surface area contributed by atoms with Crippen molar-refractivity contribution in [2.24, 2.45) is 0 Å². The van der Waals surface area contributed by atoms with Crippen molar-refractivity contribution >= 4 is 12.1 Å². The molecule has 0 saturated carbocycles. The molecule has 0 spiro atoms. The van der Waals surface area contributed by atoms with Crippen LogP contribution in [0.4, 0.5) is 9.18 Å². The van der Waals surface area contributed by atoms with E-state index >= 15 is 0 Å². The van der Waals surface area contributed by atoms with Crippen molar-refractivity contribution in [2.75, 3.05) is 6.61 Å². The first-order chi connectivity index (χ1) is 10.2. The van der Waals surface area contributed by atoms with Crippen molar-refractivity contribution < 1.29 is 28.2 Å². The Bertz CT molecular complexity index is 543. The molecule has 0 atom stereocenters. The molecule has 22 heavy (non-hydrogen) atoms. The summed E-state index contributed by atoms with van der Waals surface area (Å²) < 4.78 is 27.4. The molecule has 0 aliphatic rings. The van der Waals surface area contributed by atoms with Gasteiger partial charge in [-0.3, -0.25) is 0 Å². The second-order valence-corrected chi connectivity index (χ2v) is 5.56. The third kappa shape index (κ3) is 6.88. The van der Waals surface area contributed by atoms with E-state index in [-0.39, 0.29) is 24.6 Å². The van der Waals surface area contributed by atoms with Crippen molar-refractivity contribution in [1.82, 2.24) is 0 Å².